The Kier molecular flexibility index (Phi) is 4.67. The fraction of sp³-hybridized carbons (Fsp3) is 0.846. The van der Waals surface area contributed by atoms with Crippen LogP contribution in [-0.4, -0.2) is 22.4 Å². The number of aromatic nitrogens is 2. The SMILES string of the molecule is CC(C)CSCc1noc(CC2(CN)CCC2)n1. The van der Waals surface area contributed by atoms with Crippen molar-refractivity contribution in [2.75, 3.05) is 12.3 Å². The summed E-state index contributed by atoms with van der Waals surface area (Å²) in [6, 6.07) is 0. The highest BCUT2D eigenvalue weighted by Crippen LogP contribution is 2.42. The van der Waals surface area contributed by atoms with Crippen molar-refractivity contribution >= 4 is 11.8 Å². The van der Waals surface area contributed by atoms with Crippen LogP contribution in [-0.2, 0) is 12.2 Å². The van der Waals surface area contributed by atoms with E-state index in [1.165, 1.54) is 19.3 Å². The van der Waals surface area contributed by atoms with Gasteiger partial charge in [-0.25, -0.2) is 0 Å². The molecule has 5 heteroatoms. The first kappa shape index (κ1) is 13.9. The molecule has 0 saturated heterocycles. The normalized spacial score (nSPS) is 18.0. The van der Waals surface area contributed by atoms with Crippen LogP contribution in [0.3, 0.4) is 0 Å². The zero-order valence-electron chi connectivity index (χ0n) is 11.3. The van der Waals surface area contributed by atoms with E-state index in [0.717, 1.165) is 36.2 Å². The van der Waals surface area contributed by atoms with Crippen LogP contribution in [0, 0.1) is 11.3 Å². The second kappa shape index (κ2) is 6.06. The molecular formula is C13H23N3OS. The van der Waals surface area contributed by atoms with E-state index in [2.05, 4.69) is 24.0 Å². The van der Waals surface area contributed by atoms with Crippen LogP contribution >= 0.6 is 11.8 Å². The minimum atomic E-state index is 0.245. The van der Waals surface area contributed by atoms with Crippen LogP contribution in [0.15, 0.2) is 4.52 Å². The van der Waals surface area contributed by atoms with Gasteiger partial charge in [0.15, 0.2) is 5.82 Å². The Labute approximate surface area is 113 Å². The lowest BCUT2D eigenvalue weighted by Crippen LogP contribution is -2.39. The number of hydrogen-bond acceptors (Lipinski definition) is 5. The van der Waals surface area contributed by atoms with Gasteiger partial charge in [-0.1, -0.05) is 25.4 Å². The average molecular weight is 269 g/mol. The third kappa shape index (κ3) is 3.48. The Balaban J connectivity index is 1.82. The van der Waals surface area contributed by atoms with Gasteiger partial charge in [0.05, 0.1) is 5.75 Å². The Morgan fingerprint density at radius 3 is 2.78 bits per heavy atom. The molecule has 0 unspecified atom stereocenters. The molecule has 1 aliphatic rings. The summed E-state index contributed by atoms with van der Waals surface area (Å²) in [6.07, 6.45) is 4.53. The number of nitrogens with two attached hydrogens (primary N) is 1. The van der Waals surface area contributed by atoms with E-state index >= 15 is 0 Å². The molecule has 0 spiro atoms. The summed E-state index contributed by atoms with van der Waals surface area (Å²) < 4.78 is 5.33. The molecular weight excluding hydrogens is 246 g/mol. The molecule has 2 rings (SSSR count). The summed E-state index contributed by atoms with van der Waals surface area (Å²) in [5.41, 5.74) is 6.09. The number of rotatable bonds is 7. The van der Waals surface area contributed by atoms with Gasteiger partial charge in [-0.2, -0.15) is 16.7 Å². The number of thioether (sulfide) groups is 1. The summed E-state index contributed by atoms with van der Waals surface area (Å²) in [7, 11) is 0. The van der Waals surface area contributed by atoms with Crippen LogP contribution in [0.25, 0.3) is 0 Å². The zero-order valence-corrected chi connectivity index (χ0v) is 12.1. The van der Waals surface area contributed by atoms with Gasteiger partial charge in [-0.05, 0) is 36.5 Å². The molecule has 0 amide bonds. The molecule has 0 aliphatic heterocycles. The van der Waals surface area contributed by atoms with Crippen molar-refractivity contribution in [1.82, 2.24) is 10.1 Å². The molecule has 0 aromatic carbocycles. The largest absolute Gasteiger partial charge is 0.339 e. The molecule has 1 fully saturated rings. The third-order valence-corrected chi connectivity index (χ3v) is 4.93. The average Bonchev–Trinajstić information content (AvgIpc) is 2.71. The lowest BCUT2D eigenvalue weighted by Gasteiger charge is -2.39. The minimum Gasteiger partial charge on any atom is -0.339 e. The van der Waals surface area contributed by atoms with Gasteiger partial charge in [-0.3, -0.25) is 0 Å². The van der Waals surface area contributed by atoms with E-state index in [1.54, 1.807) is 0 Å². The van der Waals surface area contributed by atoms with E-state index in [9.17, 15) is 0 Å². The second-order valence-electron chi connectivity index (χ2n) is 5.75. The lowest BCUT2D eigenvalue weighted by molar-refractivity contribution is 0.129. The molecule has 0 bridgehead atoms. The molecule has 0 atom stereocenters. The minimum absolute atomic E-state index is 0.245. The standard InChI is InChI=1S/C13H23N3OS/c1-10(2)7-18-8-11-15-12(17-16-11)6-13(9-14)4-3-5-13/h10H,3-9,14H2,1-2H3. The van der Waals surface area contributed by atoms with Gasteiger partial charge in [0, 0.05) is 6.42 Å². The van der Waals surface area contributed by atoms with E-state index in [0.29, 0.717) is 5.92 Å². The quantitative estimate of drug-likeness (QED) is 0.824. The van der Waals surface area contributed by atoms with Crippen LogP contribution < -0.4 is 5.73 Å². The van der Waals surface area contributed by atoms with Crippen molar-refractivity contribution in [3.63, 3.8) is 0 Å². The molecule has 4 nitrogen and oxygen atoms in total. The summed E-state index contributed by atoms with van der Waals surface area (Å²) in [5, 5.41) is 4.04. The monoisotopic (exact) mass is 269 g/mol. The van der Waals surface area contributed by atoms with Gasteiger partial charge in [-0.15, -0.1) is 0 Å². The fourth-order valence-corrected chi connectivity index (χ4v) is 3.15. The molecule has 1 aromatic rings. The predicted octanol–water partition coefficient (Wildman–Crippen LogP) is 2.63. The lowest BCUT2D eigenvalue weighted by atomic mass is 9.67. The van der Waals surface area contributed by atoms with Crippen molar-refractivity contribution < 1.29 is 4.52 Å². The van der Waals surface area contributed by atoms with Crippen LogP contribution in [0.4, 0.5) is 0 Å². The highest BCUT2D eigenvalue weighted by Gasteiger charge is 2.37. The Hall–Kier alpha value is -0.550. The Morgan fingerprint density at radius 2 is 2.22 bits per heavy atom. The van der Waals surface area contributed by atoms with Crippen LogP contribution in [0.2, 0.25) is 0 Å². The summed E-state index contributed by atoms with van der Waals surface area (Å²) in [4.78, 5) is 4.47. The molecule has 1 heterocycles. The van der Waals surface area contributed by atoms with E-state index in [1.807, 2.05) is 11.8 Å². The van der Waals surface area contributed by atoms with Crippen molar-refractivity contribution in [2.24, 2.45) is 17.1 Å². The predicted molar refractivity (Wildman–Crippen MR) is 74.3 cm³/mol. The summed E-state index contributed by atoms with van der Waals surface area (Å²) in [6.45, 7) is 5.17. The first-order chi connectivity index (χ1) is 8.63. The molecule has 18 heavy (non-hydrogen) atoms. The smallest absolute Gasteiger partial charge is 0.227 e. The molecule has 2 N–H and O–H groups in total. The van der Waals surface area contributed by atoms with Crippen molar-refractivity contribution in [2.45, 2.75) is 45.3 Å². The molecule has 0 radical (unpaired) electrons. The molecule has 102 valence electrons. The Bertz CT molecular complexity index is 369. The first-order valence-electron chi connectivity index (χ1n) is 6.73. The van der Waals surface area contributed by atoms with Crippen molar-refractivity contribution in [3.05, 3.63) is 11.7 Å². The highest BCUT2D eigenvalue weighted by molar-refractivity contribution is 7.98. The maximum Gasteiger partial charge on any atom is 0.227 e. The van der Waals surface area contributed by atoms with Crippen LogP contribution in [0.1, 0.15) is 44.8 Å². The highest BCUT2D eigenvalue weighted by atomic mass is 32.2. The van der Waals surface area contributed by atoms with E-state index in [-0.39, 0.29) is 5.41 Å². The maximum absolute atomic E-state index is 5.84. The maximum atomic E-state index is 5.84. The molecule has 1 aliphatic carbocycles. The summed E-state index contributed by atoms with van der Waals surface area (Å²) in [5.74, 6) is 4.27. The third-order valence-electron chi connectivity index (χ3n) is 3.57. The number of hydrogen-bond donors (Lipinski definition) is 1. The van der Waals surface area contributed by atoms with Crippen molar-refractivity contribution in [3.8, 4) is 0 Å². The van der Waals surface area contributed by atoms with E-state index in [4.69, 9.17) is 10.3 Å². The van der Waals surface area contributed by atoms with Gasteiger partial charge in [0.1, 0.15) is 0 Å². The van der Waals surface area contributed by atoms with E-state index < -0.39 is 0 Å². The molecule has 1 aromatic heterocycles. The van der Waals surface area contributed by atoms with Crippen molar-refractivity contribution in [1.29, 1.82) is 0 Å². The first-order valence-corrected chi connectivity index (χ1v) is 7.88. The van der Waals surface area contributed by atoms with Crippen LogP contribution in [0.5, 0.6) is 0 Å². The van der Waals surface area contributed by atoms with Gasteiger partial charge in [0.25, 0.3) is 0 Å². The topological polar surface area (TPSA) is 64.9 Å². The van der Waals surface area contributed by atoms with Gasteiger partial charge >= 0.3 is 0 Å². The number of nitrogens with zero attached hydrogens (tertiary/aromatic N) is 2. The van der Waals surface area contributed by atoms with Gasteiger partial charge in [0.2, 0.25) is 5.89 Å². The molecule has 1 saturated carbocycles. The van der Waals surface area contributed by atoms with Gasteiger partial charge < -0.3 is 10.3 Å². The Morgan fingerprint density at radius 1 is 1.44 bits per heavy atom. The zero-order chi connectivity index (χ0) is 13.0. The fourth-order valence-electron chi connectivity index (χ4n) is 2.26. The second-order valence-corrected chi connectivity index (χ2v) is 6.78. The summed E-state index contributed by atoms with van der Waals surface area (Å²) >= 11 is 1.86.